The number of nitro benzene ring substituents is 1. The van der Waals surface area contributed by atoms with E-state index in [1.54, 1.807) is 12.3 Å². The predicted octanol–water partition coefficient (Wildman–Crippen LogP) is 3.51. The summed E-state index contributed by atoms with van der Waals surface area (Å²) in [5.41, 5.74) is 0.844. The molecule has 1 aromatic heterocycles. The molecule has 0 saturated heterocycles. The molecule has 0 unspecified atom stereocenters. The van der Waals surface area contributed by atoms with Gasteiger partial charge in [0.15, 0.2) is 11.9 Å². The van der Waals surface area contributed by atoms with Crippen LogP contribution in [0.1, 0.15) is 27.6 Å². The van der Waals surface area contributed by atoms with Crippen molar-refractivity contribution in [3.05, 3.63) is 69.9 Å². The monoisotopic (exact) mass is 368 g/mol. The molecule has 0 spiro atoms. The molecule has 3 aromatic rings. The topological polar surface area (TPSA) is 112 Å². The lowest BCUT2D eigenvalue weighted by Crippen LogP contribution is -2.24. The van der Waals surface area contributed by atoms with Crippen molar-refractivity contribution >= 4 is 28.3 Å². The molecular weight excluding hydrogens is 352 g/mol. The van der Waals surface area contributed by atoms with E-state index in [-0.39, 0.29) is 17.1 Å². The van der Waals surface area contributed by atoms with Crippen molar-refractivity contribution in [2.24, 2.45) is 0 Å². The summed E-state index contributed by atoms with van der Waals surface area (Å²) < 4.78 is 10.1. The number of aromatic nitrogens is 1. The molecule has 0 saturated carbocycles. The molecule has 2 aromatic carbocycles. The molecule has 0 amide bonds. The van der Waals surface area contributed by atoms with E-state index in [4.69, 9.17) is 4.74 Å². The highest BCUT2D eigenvalue weighted by Crippen LogP contribution is 2.30. The number of hydrogen-bond donors (Lipinski definition) is 1. The molecule has 0 bridgehead atoms. The van der Waals surface area contributed by atoms with Gasteiger partial charge in [-0.25, -0.2) is 4.79 Å². The van der Waals surface area contributed by atoms with Gasteiger partial charge in [-0.05, 0) is 25.1 Å². The molecule has 0 aliphatic heterocycles. The number of H-pyrrole nitrogens is 1. The molecule has 1 N–H and O–H groups in total. The molecule has 3 rings (SSSR count). The van der Waals surface area contributed by atoms with E-state index in [2.05, 4.69) is 9.72 Å². The van der Waals surface area contributed by atoms with Gasteiger partial charge in [0.1, 0.15) is 0 Å². The van der Waals surface area contributed by atoms with E-state index >= 15 is 0 Å². The van der Waals surface area contributed by atoms with Gasteiger partial charge in [-0.15, -0.1) is 0 Å². The van der Waals surface area contributed by atoms with Gasteiger partial charge in [0.05, 0.1) is 17.6 Å². The third-order valence-corrected chi connectivity index (χ3v) is 4.10. The lowest BCUT2D eigenvalue weighted by molar-refractivity contribution is -0.386. The van der Waals surface area contributed by atoms with Crippen LogP contribution in [0.3, 0.4) is 0 Å². The Kier molecular flexibility index (Phi) is 4.89. The average molecular weight is 368 g/mol. The van der Waals surface area contributed by atoms with Crippen LogP contribution in [0.4, 0.5) is 5.69 Å². The van der Waals surface area contributed by atoms with Crippen LogP contribution in [0.2, 0.25) is 0 Å². The summed E-state index contributed by atoms with van der Waals surface area (Å²) in [5.74, 6) is -1.13. The number of hydrogen-bond acceptors (Lipinski definition) is 6. The third-order valence-electron chi connectivity index (χ3n) is 4.10. The Balaban J connectivity index is 1.89. The zero-order valence-corrected chi connectivity index (χ0v) is 14.6. The Morgan fingerprint density at radius 3 is 2.63 bits per heavy atom. The van der Waals surface area contributed by atoms with E-state index in [0.717, 1.165) is 17.0 Å². The molecular formula is C19H16N2O6. The van der Waals surface area contributed by atoms with Gasteiger partial charge in [-0.1, -0.05) is 18.2 Å². The first kappa shape index (κ1) is 18.1. The number of nitrogens with zero attached hydrogens (tertiary/aromatic N) is 1. The van der Waals surface area contributed by atoms with E-state index in [1.165, 1.54) is 26.2 Å². The minimum absolute atomic E-state index is 0.0205. The molecule has 0 fully saturated rings. The molecule has 0 radical (unpaired) electrons. The number of esters is 1. The first-order chi connectivity index (χ1) is 12.9. The second kappa shape index (κ2) is 7.28. The van der Waals surface area contributed by atoms with Crippen LogP contribution in [0, 0.1) is 10.1 Å². The average Bonchev–Trinajstić information content (AvgIpc) is 3.10. The van der Waals surface area contributed by atoms with Crippen LogP contribution in [0.15, 0.2) is 48.7 Å². The molecule has 1 heterocycles. The standard InChI is InChI=1S/C19H16N2O6/c1-11(18(22)14-10-20-15-6-4-3-5-13(14)15)27-17-8-7-12(19(23)26-2)9-16(17)21(24)25/h3-11,20H,1-2H3/t11-/m0/s1. The summed E-state index contributed by atoms with van der Waals surface area (Å²) in [7, 11) is 1.18. The van der Waals surface area contributed by atoms with Crippen molar-refractivity contribution in [2.45, 2.75) is 13.0 Å². The molecule has 0 aliphatic rings. The quantitative estimate of drug-likeness (QED) is 0.308. The smallest absolute Gasteiger partial charge is 0.338 e. The normalized spacial score (nSPS) is 11.8. The molecule has 27 heavy (non-hydrogen) atoms. The van der Waals surface area contributed by atoms with E-state index in [9.17, 15) is 19.7 Å². The van der Waals surface area contributed by atoms with Crippen LogP contribution >= 0.6 is 0 Å². The Hall–Kier alpha value is -3.68. The number of para-hydroxylation sites is 1. The number of ether oxygens (including phenoxy) is 2. The molecule has 138 valence electrons. The van der Waals surface area contributed by atoms with Crippen LogP contribution in [0.5, 0.6) is 5.75 Å². The molecule has 8 heteroatoms. The highest BCUT2D eigenvalue weighted by molar-refractivity contribution is 6.09. The lowest BCUT2D eigenvalue weighted by atomic mass is 10.1. The minimum atomic E-state index is -0.966. The zero-order chi connectivity index (χ0) is 19.6. The minimum Gasteiger partial charge on any atom is -0.475 e. The fraction of sp³-hybridized carbons (Fsp3) is 0.158. The van der Waals surface area contributed by atoms with Gasteiger partial charge in [0.2, 0.25) is 5.78 Å². The van der Waals surface area contributed by atoms with Gasteiger partial charge in [0, 0.05) is 28.7 Å². The van der Waals surface area contributed by atoms with Gasteiger partial charge >= 0.3 is 11.7 Å². The number of carbonyl (C=O) groups is 2. The largest absolute Gasteiger partial charge is 0.475 e. The SMILES string of the molecule is COC(=O)c1ccc(O[C@@H](C)C(=O)c2c[nH]c3ccccc23)c([N+](=O)[O-])c1. The Morgan fingerprint density at radius 1 is 1.19 bits per heavy atom. The highest BCUT2D eigenvalue weighted by Gasteiger charge is 2.25. The molecule has 0 aliphatic carbocycles. The van der Waals surface area contributed by atoms with Gasteiger partial charge in [0.25, 0.3) is 0 Å². The van der Waals surface area contributed by atoms with Crippen molar-refractivity contribution in [2.75, 3.05) is 7.11 Å². The molecule has 8 nitrogen and oxygen atoms in total. The van der Waals surface area contributed by atoms with Crippen LogP contribution in [0.25, 0.3) is 10.9 Å². The summed E-state index contributed by atoms with van der Waals surface area (Å²) in [4.78, 5) is 38.0. The number of ketones is 1. The van der Waals surface area contributed by atoms with Crippen molar-refractivity contribution in [1.82, 2.24) is 4.98 Å². The zero-order valence-electron chi connectivity index (χ0n) is 14.6. The Bertz CT molecular complexity index is 1040. The Labute approximate surface area is 153 Å². The lowest BCUT2D eigenvalue weighted by Gasteiger charge is -2.14. The number of nitrogens with one attached hydrogen (secondary N) is 1. The summed E-state index contributed by atoms with van der Waals surface area (Å²) in [6.07, 6.45) is 0.619. The number of methoxy groups -OCH3 is 1. The van der Waals surface area contributed by atoms with Crippen LogP contribution in [-0.2, 0) is 4.74 Å². The van der Waals surface area contributed by atoms with Gasteiger partial charge < -0.3 is 14.5 Å². The molecule has 1 atom stereocenters. The maximum absolute atomic E-state index is 12.7. The van der Waals surface area contributed by atoms with Crippen LogP contribution in [-0.4, -0.2) is 34.9 Å². The van der Waals surface area contributed by atoms with E-state index in [1.807, 2.05) is 18.2 Å². The highest BCUT2D eigenvalue weighted by atomic mass is 16.6. The van der Waals surface area contributed by atoms with E-state index in [0.29, 0.717) is 5.56 Å². The number of aromatic amines is 1. The number of nitro groups is 1. The van der Waals surface area contributed by atoms with Crippen molar-refractivity contribution in [3.8, 4) is 5.75 Å². The van der Waals surface area contributed by atoms with Crippen molar-refractivity contribution in [3.63, 3.8) is 0 Å². The Morgan fingerprint density at radius 2 is 1.93 bits per heavy atom. The van der Waals surface area contributed by atoms with Gasteiger partial charge in [-0.3, -0.25) is 14.9 Å². The van der Waals surface area contributed by atoms with E-state index < -0.39 is 22.7 Å². The number of Topliss-reactive ketones (excluding diaryl/α,β-unsaturated/α-hetero) is 1. The van der Waals surface area contributed by atoms with Crippen molar-refractivity contribution in [1.29, 1.82) is 0 Å². The maximum Gasteiger partial charge on any atom is 0.338 e. The van der Waals surface area contributed by atoms with Crippen molar-refractivity contribution < 1.29 is 24.0 Å². The second-order valence-corrected chi connectivity index (χ2v) is 5.80. The number of fused-ring (bicyclic) bond motifs is 1. The fourth-order valence-electron chi connectivity index (χ4n) is 2.74. The number of benzene rings is 2. The number of rotatable bonds is 6. The summed E-state index contributed by atoms with van der Waals surface area (Å²) in [6, 6.07) is 11.0. The first-order valence-electron chi connectivity index (χ1n) is 8.06. The predicted molar refractivity (Wildman–Crippen MR) is 97.2 cm³/mol. The first-order valence-corrected chi connectivity index (χ1v) is 8.06. The van der Waals surface area contributed by atoms with Gasteiger partial charge in [-0.2, -0.15) is 0 Å². The summed E-state index contributed by atoms with van der Waals surface area (Å²) in [5, 5.41) is 12.1. The van der Waals surface area contributed by atoms with Crippen LogP contribution < -0.4 is 4.74 Å². The second-order valence-electron chi connectivity index (χ2n) is 5.80. The third kappa shape index (κ3) is 3.50. The summed E-state index contributed by atoms with van der Waals surface area (Å²) in [6.45, 7) is 1.52. The summed E-state index contributed by atoms with van der Waals surface area (Å²) >= 11 is 0. The number of carbonyl (C=O) groups excluding carboxylic acids is 2. The fourth-order valence-corrected chi connectivity index (χ4v) is 2.74. The maximum atomic E-state index is 12.7.